The Balaban J connectivity index is 2.04. The maximum absolute atomic E-state index is 12.8. The topological polar surface area (TPSA) is 63.2 Å². The Kier molecular flexibility index (Phi) is 4.27. The van der Waals surface area contributed by atoms with E-state index in [1.807, 2.05) is 0 Å². The molecule has 116 valence electrons. The van der Waals surface area contributed by atoms with E-state index in [1.165, 1.54) is 18.2 Å². The third kappa shape index (κ3) is 4.20. The van der Waals surface area contributed by atoms with Crippen LogP contribution in [0.3, 0.4) is 0 Å². The van der Waals surface area contributed by atoms with Crippen LogP contribution in [0.25, 0.3) is 0 Å². The molecular weight excluding hydrogens is 307 g/mol. The third-order valence-corrected chi connectivity index (χ3v) is 5.14. The Bertz CT molecular complexity index is 640. The van der Waals surface area contributed by atoms with Gasteiger partial charge < -0.3 is 5.32 Å². The van der Waals surface area contributed by atoms with E-state index in [9.17, 15) is 26.4 Å². The van der Waals surface area contributed by atoms with E-state index in [0.29, 0.717) is 6.42 Å². The number of anilines is 1. The van der Waals surface area contributed by atoms with Gasteiger partial charge in [-0.3, -0.25) is 4.79 Å². The highest BCUT2D eigenvalue weighted by Gasteiger charge is 2.34. The molecule has 0 bridgehead atoms. The number of hydrogen-bond donors (Lipinski definition) is 1. The molecule has 21 heavy (non-hydrogen) atoms. The number of nitrogens with one attached hydrogen (secondary N) is 1. The van der Waals surface area contributed by atoms with Crippen LogP contribution in [0.15, 0.2) is 24.3 Å². The number of benzene rings is 1. The van der Waals surface area contributed by atoms with Gasteiger partial charge in [0.2, 0.25) is 5.91 Å². The molecule has 1 unspecified atom stereocenters. The second-order valence-electron chi connectivity index (χ2n) is 5.06. The van der Waals surface area contributed by atoms with Gasteiger partial charge in [-0.15, -0.1) is 0 Å². The molecule has 2 rings (SSSR count). The standard InChI is InChI=1S/C13H14F3NO3S/c14-13(15,16)10-3-1-2-4-11(10)17-12(18)7-9-5-6-21(19,20)8-9/h1-4,9H,5-8H2,(H,17,18). The number of halogens is 3. The first kappa shape index (κ1) is 15.8. The minimum absolute atomic E-state index is 0.0318. The average Bonchev–Trinajstić information content (AvgIpc) is 2.67. The SMILES string of the molecule is O=C(CC1CCS(=O)(=O)C1)Nc1ccccc1C(F)(F)F. The molecule has 1 aromatic carbocycles. The minimum atomic E-state index is -4.55. The van der Waals surface area contributed by atoms with Crippen LogP contribution in [0, 0.1) is 5.92 Å². The van der Waals surface area contributed by atoms with Gasteiger partial charge in [0.25, 0.3) is 0 Å². The number of carbonyl (C=O) groups excluding carboxylic acids is 1. The van der Waals surface area contributed by atoms with Gasteiger partial charge in [-0.25, -0.2) is 8.42 Å². The molecule has 1 fully saturated rings. The lowest BCUT2D eigenvalue weighted by atomic mass is 10.0. The largest absolute Gasteiger partial charge is 0.418 e. The van der Waals surface area contributed by atoms with Crippen LogP contribution in [0.5, 0.6) is 0 Å². The zero-order valence-electron chi connectivity index (χ0n) is 11.0. The lowest BCUT2D eigenvalue weighted by molar-refractivity contribution is -0.137. The summed E-state index contributed by atoms with van der Waals surface area (Å²) in [6.07, 6.45) is -4.28. The summed E-state index contributed by atoms with van der Waals surface area (Å²) in [4.78, 5) is 11.8. The van der Waals surface area contributed by atoms with Crippen molar-refractivity contribution in [2.45, 2.75) is 19.0 Å². The Hall–Kier alpha value is -1.57. The van der Waals surface area contributed by atoms with Crippen LogP contribution < -0.4 is 5.32 Å². The van der Waals surface area contributed by atoms with Crippen LogP contribution in [0.2, 0.25) is 0 Å². The summed E-state index contributed by atoms with van der Waals surface area (Å²) >= 11 is 0. The first-order chi connectivity index (χ1) is 9.67. The molecule has 1 aliphatic rings. The van der Waals surface area contributed by atoms with Crippen molar-refractivity contribution in [3.63, 3.8) is 0 Å². The zero-order chi connectivity index (χ0) is 15.7. The van der Waals surface area contributed by atoms with Gasteiger partial charge >= 0.3 is 6.18 Å². The van der Waals surface area contributed by atoms with Gasteiger partial charge in [0.05, 0.1) is 22.8 Å². The minimum Gasteiger partial charge on any atom is -0.325 e. The monoisotopic (exact) mass is 321 g/mol. The molecule has 1 aliphatic heterocycles. The maximum atomic E-state index is 12.8. The van der Waals surface area contributed by atoms with Crippen molar-refractivity contribution in [2.75, 3.05) is 16.8 Å². The van der Waals surface area contributed by atoms with Crippen molar-refractivity contribution in [1.82, 2.24) is 0 Å². The van der Waals surface area contributed by atoms with E-state index in [2.05, 4.69) is 5.32 Å². The number of hydrogen-bond acceptors (Lipinski definition) is 3. The van der Waals surface area contributed by atoms with Crippen molar-refractivity contribution < 1.29 is 26.4 Å². The molecule has 1 aromatic rings. The molecule has 0 saturated carbocycles. The van der Waals surface area contributed by atoms with E-state index >= 15 is 0 Å². The highest BCUT2D eigenvalue weighted by atomic mass is 32.2. The Morgan fingerprint density at radius 2 is 1.95 bits per heavy atom. The van der Waals surface area contributed by atoms with E-state index in [-0.39, 0.29) is 29.5 Å². The summed E-state index contributed by atoms with van der Waals surface area (Å²) in [6, 6.07) is 4.69. The fourth-order valence-electron chi connectivity index (χ4n) is 2.34. The maximum Gasteiger partial charge on any atom is 0.418 e. The molecule has 4 nitrogen and oxygen atoms in total. The number of sulfone groups is 1. The summed E-state index contributed by atoms with van der Waals surface area (Å²) in [6.45, 7) is 0. The van der Waals surface area contributed by atoms with Crippen molar-refractivity contribution in [3.8, 4) is 0 Å². The highest BCUT2D eigenvalue weighted by Crippen LogP contribution is 2.34. The van der Waals surface area contributed by atoms with Crippen molar-refractivity contribution in [3.05, 3.63) is 29.8 Å². The van der Waals surface area contributed by atoms with Crippen molar-refractivity contribution in [2.24, 2.45) is 5.92 Å². The molecular formula is C13H14F3NO3S. The van der Waals surface area contributed by atoms with E-state index in [0.717, 1.165) is 6.07 Å². The van der Waals surface area contributed by atoms with Gasteiger partial charge in [-0.2, -0.15) is 13.2 Å². The normalized spacial score (nSPS) is 21.2. The first-order valence-corrected chi connectivity index (χ1v) is 8.16. The first-order valence-electron chi connectivity index (χ1n) is 6.34. The molecule has 0 spiro atoms. The van der Waals surface area contributed by atoms with Gasteiger partial charge in [0.15, 0.2) is 9.84 Å². The predicted octanol–water partition coefficient (Wildman–Crippen LogP) is 2.47. The number of amides is 1. The third-order valence-electron chi connectivity index (χ3n) is 3.31. The van der Waals surface area contributed by atoms with Crippen LogP contribution in [-0.2, 0) is 20.8 Å². The van der Waals surface area contributed by atoms with Crippen LogP contribution in [0.1, 0.15) is 18.4 Å². The molecule has 1 N–H and O–H groups in total. The smallest absolute Gasteiger partial charge is 0.325 e. The number of carbonyl (C=O) groups is 1. The summed E-state index contributed by atoms with van der Waals surface area (Å²) in [7, 11) is -3.11. The Morgan fingerprint density at radius 3 is 2.52 bits per heavy atom. The molecule has 1 saturated heterocycles. The second kappa shape index (κ2) is 5.67. The van der Waals surface area contributed by atoms with Crippen LogP contribution in [-0.4, -0.2) is 25.8 Å². The molecule has 1 atom stereocenters. The highest BCUT2D eigenvalue weighted by molar-refractivity contribution is 7.91. The van der Waals surface area contributed by atoms with E-state index in [1.54, 1.807) is 0 Å². The average molecular weight is 321 g/mol. The van der Waals surface area contributed by atoms with Crippen molar-refractivity contribution in [1.29, 1.82) is 0 Å². The Labute approximate surface area is 120 Å². The summed E-state index contributed by atoms with van der Waals surface area (Å²) in [5.74, 6) is -0.979. The van der Waals surface area contributed by atoms with Crippen LogP contribution in [0.4, 0.5) is 18.9 Å². The molecule has 8 heteroatoms. The van der Waals surface area contributed by atoms with Crippen LogP contribution >= 0.6 is 0 Å². The molecule has 0 aliphatic carbocycles. The number of rotatable bonds is 3. The molecule has 1 amide bonds. The van der Waals surface area contributed by atoms with Gasteiger partial charge in [0, 0.05) is 6.42 Å². The molecule has 0 radical (unpaired) electrons. The summed E-state index contributed by atoms with van der Waals surface area (Å²) < 4.78 is 60.9. The van der Waals surface area contributed by atoms with Gasteiger partial charge in [-0.1, -0.05) is 12.1 Å². The number of alkyl halides is 3. The van der Waals surface area contributed by atoms with Gasteiger partial charge in [0.1, 0.15) is 0 Å². The molecule has 0 aromatic heterocycles. The van der Waals surface area contributed by atoms with Gasteiger partial charge in [-0.05, 0) is 24.5 Å². The lowest BCUT2D eigenvalue weighted by Gasteiger charge is -2.14. The Morgan fingerprint density at radius 1 is 1.29 bits per heavy atom. The lowest BCUT2D eigenvalue weighted by Crippen LogP contribution is -2.19. The van der Waals surface area contributed by atoms with E-state index in [4.69, 9.17) is 0 Å². The van der Waals surface area contributed by atoms with Crippen molar-refractivity contribution >= 4 is 21.4 Å². The molecule has 1 heterocycles. The quantitative estimate of drug-likeness (QED) is 0.930. The number of para-hydroxylation sites is 1. The fourth-order valence-corrected chi connectivity index (χ4v) is 4.20. The second-order valence-corrected chi connectivity index (χ2v) is 7.29. The predicted molar refractivity (Wildman–Crippen MR) is 71.5 cm³/mol. The van der Waals surface area contributed by atoms with E-state index < -0.39 is 27.5 Å². The summed E-state index contributed by atoms with van der Waals surface area (Å²) in [5, 5.41) is 2.22. The fraction of sp³-hybridized carbons (Fsp3) is 0.462. The zero-order valence-corrected chi connectivity index (χ0v) is 11.8. The summed E-state index contributed by atoms with van der Waals surface area (Å²) in [5.41, 5.74) is -1.23.